The maximum Gasteiger partial charge on any atom is 0.200 e. The lowest BCUT2D eigenvalue weighted by atomic mass is 10.1. The van der Waals surface area contributed by atoms with Gasteiger partial charge in [-0.25, -0.2) is 0 Å². The van der Waals surface area contributed by atoms with E-state index < -0.39 is 0 Å². The number of hydrogen-bond donors (Lipinski definition) is 1. The minimum absolute atomic E-state index is 0.0595. The predicted octanol–water partition coefficient (Wildman–Crippen LogP) is 1.76. The molecule has 1 fully saturated rings. The van der Waals surface area contributed by atoms with E-state index in [0.29, 0.717) is 28.9 Å². The minimum atomic E-state index is -0.0595. The highest BCUT2D eigenvalue weighted by Gasteiger charge is 2.14. The van der Waals surface area contributed by atoms with Crippen molar-refractivity contribution in [3.8, 4) is 22.6 Å². The maximum atomic E-state index is 12.9. The number of benzene rings is 2. The average Bonchev–Trinajstić information content (AvgIpc) is 2.75. The van der Waals surface area contributed by atoms with Crippen LogP contribution in [0, 0.1) is 0 Å². The first kappa shape index (κ1) is 18.5. The van der Waals surface area contributed by atoms with Gasteiger partial charge in [-0.2, -0.15) is 0 Å². The number of methoxy groups -OCH3 is 1. The van der Waals surface area contributed by atoms with Crippen LogP contribution in [0.25, 0.3) is 22.1 Å². The Morgan fingerprint density at radius 3 is 2.54 bits per heavy atom. The Labute approximate surface area is 163 Å². The molecular weight excluding hydrogens is 358 g/mol. The van der Waals surface area contributed by atoms with Crippen LogP contribution in [-0.2, 0) is 4.74 Å². The van der Waals surface area contributed by atoms with Crippen molar-refractivity contribution in [1.82, 2.24) is 0 Å². The van der Waals surface area contributed by atoms with Crippen LogP contribution in [0.2, 0.25) is 0 Å². The Morgan fingerprint density at radius 2 is 1.79 bits per heavy atom. The molecule has 0 spiro atoms. The van der Waals surface area contributed by atoms with Crippen molar-refractivity contribution >= 4 is 11.0 Å². The summed E-state index contributed by atoms with van der Waals surface area (Å²) in [7, 11) is 1.61. The van der Waals surface area contributed by atoms with E-state index in [9.17, 15) is 4.79 Å². The van der Waals surface area contributed by atoms with Crippen molar-refractivity contribution < 1.29 is 23.5 Å². The van der Waals surface area contributed by atoms with E-state index in [1.165, 1.54) is 11.2 Å². The molecule has 2 aromatic carbocycles. The summed E-state index contributed by atoms with van der Waals surface area (Å²) in [5, 5.41) is 0.541. The zero-order valence-corrected chi connectivity index (χ0v) is 15.9. The smallest absolute Gasteiger partial charge is 0.200 e. The second-order valence-electron chi connectivity index (χ2n) is 6.83. The first-order valence-electron chi connectivity index (χ1n) is 9.49. The topological polar surface area (TPSA) is 62.3 Å². The minimum Gasteiger partial charge on any atom is -0.497 e. The number of hydrogen-bond acceptors (Lipinski definition) is 5. The molecule has 1 saturated heterocycles. The average molecular weight is 382 g/mol. The summed E-state index contributed by atoms with van der Waals surface area (Å²) < 4.78 is 22.1. The maximum absolute atomic E-state index is 12.9. The third-order valence-electron chi connectivity index (χ3n) is 5.07. The van der Waals surface area contributed by atoms with Crippen LogP contribution in [0.4, 0.5) is 0 Å². The Balaban J connectivity index is 1.49. The molecule has 1 aliphatic rings. The zero-order chi connectivity index (χ0) is 19.3. The fraction of sp³-hybridized carbons (Fsp3) is 0.318. The highest BCUT2D eigenvalue weighted by atomic mass is 16.5. The van der Waals surface area contributed by atoms with Gasteiger partial charge in [-0.3, -0.25) is 4.79 Å². The summed E-state index contributed by atoms with van der Waals surface area (Å²) in [6.45, 7) is 5.21. The van der Waals surface area contributed by atoms with E-state index >= 15 is 0 Å². The van der Waals surface area contributed by atoms with Gasteiger partial charge >= 0.3 is 0 Å². The molecule has 146 valence electrons. The van der Waals surface area contributed by atoms with Gasteiger partial charge in [0, 0.05) is 6.07 Å². The van der Waals surface area contributed by atoms with Crippen molar-refractivity contribution in [3.05, 3.63) is 59.0 Å². The molecule has 3 aromatic rings. The van der Waals surface area contributed by atoms with Crippen LogP contribution in [0.3, 0.4) is 0 Å². The molecule has 28 heavy (non-hydrogen) atoms. The van der Waals surface area contributed by atoms with Crippen molar-refractivity contribution in [3.63, 3.8) is 0 Å². The van der Waals surface area contributed by atoms with E-state index in [0.717, 1.165) is 44.2 Å². The molecule has 6 heteroatoms. The van der Waals surface area contributed by atoms with Gasteiger partial charge in [-0.1, -0.05) is 12.1 Å². The Hall–Kier alpha value is -2.83. The summed E-state index contributed by atoms with van der Waals surface area (Å²) >= 11 is 0. The molecule has 6 nitrogen and oxygen atoms in total. The standard InChI is InChI=1S/C22H23NO5/c1-25-17-4-2-16(3-5-17)20-15-28-21-14-18(6-7-19(21)22(20)24)27-13-10-23-8-11-26-12-9-23/h2-7,14-15H,8-13H2,1H3/p+1. The molecule has 1 aromatic heterocycles. The summed E-state index contributed by atoms with van der Waals surface area (Å²) in [5.74, 6) is 1.45. The van der Waals surface area contributed by atoms with Gasteiger partial charge in [0.2, 0.25) is 0 Å². The molecule has 2 heterocycles. The molecule has 0 atom stereocenters. The SMILES string of the molecule is COc1ccc(-c2coc3cc(OCC[NH+]4CCOCC4)ccc3c2=O)cc1. The van der Waals surface area contributed by atoms with E-state index in [4.69, 9.17) is 18.6 Å². The molecule has 0 amide bonds. The van der Waals surface area contributed by atoms with Crippen LogP contribution in [-0.4, -0.2) is 46.6 Å². The third kappa shape index (κ3) is 4.03. The number of nitrogens with one attached hydrogen (secondary N) is 1. The lowest BCUT2D eigenvalue weighted by Crippen LogP contribution is -3.14. The largest absolute Gasteiger partial charge is 0.497 e. The molecule has 0 unspecified atom stereocenters. The first-order valence-corrected chi connectivity index (χ1v) is 9.49. The van der Waals surface area contributed by atoms with Gasteiger partial charge in [0.25, 0.3) is 0 Å². The van der Waals surface area contributed by atoms with Crippen molar-refractivity contribution in [2.24, 2.45) is 0 Å². The monoisotopic (exact) mass is 382 g/mol. The summed E-state index contributed by atoms with van der Waals surface area (Å²) in [6.07, 6.45) is 1.51. The van der Waals surface area contributed by atoms with Crippen LogP contribution in [0.5, 0.6) is 11.5 Å². The van der Waals surface area contributed by atoms with Crippen molar-refractivity contribution in [2.45, 2.75) is 0 Å². The van der Waals surface area contributed by atoms with Crippen molar-refractivity contribution in [2.75, 3.05) is 46.6 Å². The van der Waals surface area contributed by atoms with Crippen LogP contribution >= 0.6 is 0 Å². The molecule has 1 N–H and O–H groups in total. The molecule has 0 aliphatic carbocycles. The molecule has 4 rings (SSSR count). The Morgan fingerprint density at radius 1 is 1.04 bits per heavy atom. The summed E-state index contributed by atoms with van der Waals surface area (Å²) in [6, 6.07) is 12.7. The first-order chi connectivity index (χ1) is 13.7. The summed E-state index contributed by atoms with van der Waals surface area (Å²) in [5.41, 5.74) is 1.79. The second-order valence-corrected chi connectivity index (χ2v) is 6.83. The van der Waals surface area contributed by atoms with Crippen LogP contribution in [0.1, 0.15) is 0 Å². The lowest BCUT2D eigenvalue weighted by molar-refractivity contribution is -0.908. The number of morpholine rings is 1. The van der Waals surface area contributed by atoms with Gasteiger partial charge in [0.1, 0.15) is 49.6 Å². The van der Waals surface area contributed by atoms with Gasteiger partial charge < -0.3 is 23.5 Å². The number of rotatable bonds is 6. The van der Waals surface area contributed by atoms with E-state index in [1.54, 1.807) is 19.2 Å². The van der Waals surface area contributed by atoms with Gasteiger partial charge in [0.15, 0.2) is 5.43 Å². The quantitative estimate of drug-likeness (QED) is 0.704. The van der Waals surface area contributed by atoms with E-state index in [2.05, 4.69) is 0 Å². The Kier molecular flexibility index (Phi) is 5.60. The van der Waals surface area contributed by atoms with E-state index in [-0.39, 0.29) is 5.43 Å². The van der Waals surface area contributed by atoms with E-state index in [1.807, 2.05) is 30.3 Å². The number of fused-ring (bicyclic) bond motifs is 1. The number of quaternary nitrogens is 1. The highest BCUT2D eigenvalue weighted by molar-refractivity contribution is 5.82. The van der Waals surface area contributed by atoms with Crippen LogP contribution in [0.15, 0.2) is 57.9 Å². The van der Waals surface area contributed by atoms with Gasteiger partial charge in [-0.15, -0.1) is 0 Å². The predicted molar refractivity (Wildman–Crippen MR) is 106 cm³/mol. The van der Waals surface area contributed by atoms with Crippen molar-refractivity contribution in [1.29, 1.82) is 0 Å². The zero-order valence-electron chi connectivity index (χ0n) is 15.9. The molecule has 1 aliphatic heterocycles. The molecule has 0 bridgehead atoms. The molecular formula is C22H24NO5+. The fourth-order valence-corrected chi connectivity index (χ4v) is 3.39. The van der Waals surface area contributed by atoms with Gasteiger partial charge in [-0.05, 0) is 29.8 Å². The van der Waals surface area contributed by atoms with Crippen LogP contribution < -0.4 is 19.8 Å². The Bertz CT molecular complexity index is 990. The second kappa shape index (κ2) is 8.46. The van der Waals surface area contributed by atoms with Gasteiger partial charge in [0.05, 0.1) is 31.3 Å². The molecule has 0 radical (unpaired) electrons. The number of ether oxygens (including phenoxy) is 3. The summed E-state index contributed by atoms with van der Waals surface area (Å²) in [4.78, 5) is 14.4. The molecule has 0 saturated carbocycles. The lowest BCUT2D eigenvalue weighted by Gasteiger charge is -2.23. The fourth-order valence-electron chi connectivity index (χ4n) is 3.39. The third-order valence-corrected chi connectivity index (χ3v) is 5.07. The normalized spacial score (nSPS) is 14.9. The highest BCUT2D eigenvalue weighted by Crippen LogP contribution is 2.24.